The first-order valence-corrected chi connectivity index (χ1v) is 8.04. The van der Waals surface area contributed by atoms with Gasteiger partial charge in [0.15, 0.2) is 0 Å². The molecule has 129 valence electrons. The molecule has 1 radical (unpaired) electrons. The Balaban J connectivity index is 2.44. The van der Waals surface area contributed by atoms with Crippen molar-refractivity contribution in [3.8, 4) is 0 Å². The molecule has 0 aliphatic carbocycles. The highest BCUT2D eigenvalue weighted by Gasteiger charge is 2.18. The maximum Gasteiger partial charge on any atom is 0.341 e. The number of hydrogen-bond donors (Lipinski definition) is 0. The number of hydrogen-bond acceptors (Lipinski definition) is 5. The predicted octanol–water partition coefficient (Wildman–Crippen LogP) is 3.23. The molecule has 1 aliphatic rings. The second-order valence-electron chi connectivity index (χ2n) is 4.95. The summed E-state index contributed by atoms with van der Waals surface area (Å²) >= 11 is 0. The topological polar surface area (TPSA) is 55.8 Å². The summed E-state index contributed by atoms with van der Waals surface area (Å²) in [6.45, 7) is 4.03. The lowest BCUT2D eigenvalue weighted by molar-refractivity contribution is -0.138. The summed E-state index contributed by atoms with van der Waals surface area (Å²) in [4.78, 5) is 25.5. The molecule has 0 atom stereocenters. The highest BCUT2D eigenvalue weighted by Crippen LogP contribution is 2.26. The first kappa shape index (κ1) is 18.3. The molecule has 0 unspecified atom stereocenters. The standard InChI is InChI=1S/C20H20NO4/c1-3-24-19(22)14-17-12-8-9-13-21(17)18(15-20(23)25-4-2)16-10-6-5-7-11-16/h5-14H,3-4H2,1-2H3/b17-14+,18-15?. The second kappa shape index (κ2) is 9.27. The summed E-state index contributed by atoms with van der Waals surface area (Å²) in [6, 6.07) is 9.32. The van der Waals surface area contributed by atoms with Crippen LogP contribution in [0.3, 0.4) is 0 Å². The van der Waals surface area contributed by atoms with Crippen LogP contribution in [0.4, 0.5) is 0 Å². The van der Waals surface area contributed by atoms with Crippen LogP contribution < -0.4 is 0 Å². The third kappa shape index (κ3) is 5.21. The van der Waals surface area contributed by atoms with Crippen molar-refractivity contribution in [1.29, 1.82) is 0 Å². The van der Waals surface area contributed by atoms with Crippen LogP contribution >= 0.6 is 0 Å². The van der Waals surface area contributed by atoms with E-state index in [1.807, 2.05) is 30.3 Å². The van der Waals surface area contributed by atoms with Crippen molar-refractivity contribution in [2.45, 2.75) is 13.8 Å². The van der Waals surface area contributed by atoms with E-state index >= 15 is 0 Å². The fourth-order valence-corrected chi connectivity index (χ4v) is 2.21. The quantitative estimate of drug-likeness (QED) is 0.589. The minimum absolute atomic E-state index is 0.259. The van der Waals surface area contributed by atoms with Crippen molar-refractivity contribution in [2.24, 2.45) is 0 Å². The van der Waals surface area contributed by atoms with Crippen LogP contribution in [0.15, 0.2) is 66.5 Å². The number of ether oxygens (including phenoxy) is 2. The molecule has 0 fully saturated rings. The van der Waals surface area contributed by atoms with E-state index in [4.69, 9.17) is 9.47 Å². The van der Waals surface area contributed by atoms with Crippen molar-refractivity contribution >= 4 is 17.6 Å². The van der Waals surface area contributed by atoms with Gasteiger partial charge in [0.25, 0.3) is 0 Å². The van der Waals surface area contributed by atoms with Gasteiger partial charge in [-0.15, -0.1) is 0 Å². The smallest absolute Gasteiger partial charge is 0.341 e. The SMILES string of the molecule is CCOC(=O)[C]=C(c1ccccc1)N1C=CC=C/C1=C\C(=O)OCC. The fraction of sp³-hybridized carbons (Fsp3) is 0.200. The van der Waals surface area contributed by atoms with Crippen LogP contribution in [0.25, 0.3) is 5.70 Å². The van der Waals surface area contributed by atoms with Crippen LogP contribution in [0, 0.1) is 6.08 Å². The van der Waals surface area contributed by atoms with Gasteiger partial charge in [0.2, 0.25) is 0 Å². The number of allylic oxidation sites excluding steroid dienone is 3. The normalized spacial score (nSPS) is 15.4. The van der Waals surface area contributed by atoms with Crippen LogP contribution in [0.1, 0.15) is 19.4 Å². The first-order chi connectivity index (χ1) is 12.2. The van der Waals surface area contributed by atoms with Gasteiger partial charge < -0.3 is 14.4 Å². The molecular formula is C20H20NO4. The van der Waals surface area contributed by atoms with Gasteiger partial charge in [-0.2, -0.15) is 0 Å². The number of esters is 2. The third-order valence-corrected chi connectivity index (χ3v) is 3.23. The molecule has 1 aromatic rings. The number of benzene rings is 1. The summed E-state index contributed by atoms with van der Waals surface area (Å²) in [5.41, 5.74) is 1.82. The van der Waals surface area contributed by atoms with E-state index in [1.165, 1.54) is 6.08 Å². The highest BCUT2D eigenvalue weighted by molar-refractivity contribution is 5.88. The number of carbonyl (C=O) groups is 2. The first-order valence-electron chi connectivity index (χ1n) is 8.04. The van der Waals surface area contributed by atoms with Crippen LogP contribution in [0.5, 0.6) is 0 Å². The molecule has 1 aliphatic heterocycles. The van der Waals surface area contributed by atoms with Gasteiger partial charge in [-0.25, -0.2) is 9.59 Å². The Kier molecular flexibility index (Phi) is 6.77. The Morgan fingerprint density at radius 3 is 2.48 bits per heavy atom. The zero-order valence-electron chi connectivity index (χ0n) is 14.3. The number of carbonyl (C=O) groups excluding carboxylic acids is 2. The predicted molar refractivity (Wildman–Crippen MR) is 94.6 cm³/mol. The molecule has 0 bridgehead atoms. The Hall–Kier alpha value is -3.08. The molecule has 0 saturated carbocycles. The largest absolute Gasteiger partial charge is 0.463 e. The van der Waals surface area contributed by atoms with E-state index in [0.29, 0.717) is 18.0 Å². The second-order valence-corrected chi connectivity index (χ2v) is 4.95. The van der Waals surface area contributed by atoms with Crippen molar-refractivity contribution in [1.82, 2.24) is 4.90 Å². The zero-order chi connectivity index (χ0) is 18.1. The molecule has 0 saturated heterocycles. The molecule has 5 nitrogen and oxygen atoms in total. The van der Waals surface area contributed by atoms with Gasteiger partial charge in [0.1, 0.15) is 6.08 Å². The molecule has 1 heterocycles. The van der Waals surface area contributed by atoms with Gasteiger partial charge in [-0.1, -0.05) is 36.4 Å². The van der Waals surface area contributed by atoms with E-state index < -0.39 is 11.9 Å². The molecule has 0 aromatic heterocycles. The molecule has 1 aromatic carbocycles. The maximum atomic E-state index is 12.0. The lowest BCUT2D eigenvalue weighted by Crippen LogP contribution is -2.19. The van der Waals surface area contributed by atoms with E-state index in [-0.39, 0.29) is 6.61 Å². The molecule has 0 amide bonds. The molecule has 0 N–H and O–H groups in total. The number of nitrogens with zero attached hydrogens (tertiary/aromatic N) is 1. The average molecular weight is 338 g/mol. The molecule has 2 rings (SSSR count). The monoisotopic (exact) mass is 338 g/mol. The van der Waals surface area contributed by atoms with Crippen LogP contribution in [0.2, 0.25) is 0 Å². The minimum Gasteiger partial charge on any atom is -0.463 e. The Morgan fingerprint density at radius 2 is 1.80 bits per heavy atom. The van der Waals surface area contributed by atoms with Gasteiger partial charge in [-0.3, -0.25) is 0 Å². The Labute approximate surface area is 147 Å². The van der Waals surface area contributed by atoms with Gasteiger partial charge in [-0.05, 0) is 31.6 Å². The van der Waals surface area contributed by atoms with Crippen LogP contribution in [-0.2, 0) is 19.1 Å². The Morgan fingerprint density at radius 1 is 1.08 bits per heavy atom. The lowest BCUT2D eigenvalue weighted by atomic mass is 10.1. The summed E-state index contributed by atoms with van der Waals surface area (Å²) < 4.78 is 9.97. The van der Waals surface area contributed by atoms with Gasteiger partial charge >= 0.3 is 11.9 Å². The molecule has 5 heteroatoms. The Bertz CT molecular complexity index is 729. The molecule has 0 spiro atoms. The van der Waals surface area contributed by atoms with E-state index in [1.54, 1.807) is 43.2 Å². The third-order valence-electron chi connectivity index (χ3n) is 3.23. The van der Waals surface area contributed by atoms with Crippen LogP contribution in [-0.4, -0.2) is 30.1 Å². The summed E-state index contributed by atoms with van der Waals surface area (Å²) in [5, 5.41) is 0. The fourth-order valence-electron chi connectivity index (χ4n) is 2.21. The van der Waals surface area contributed by atoms with Crippen molar-refractivity contribution in [2.75, 3.05) is 13.2 Å². The summed E-state index contributed by atoms with van der Waals surface area (Å²) in [7, 11) is 0. The minimum atomic E-state index is -0.570. The van der Waals surface area contributed by atoms with Crippen molar-refractivity contribution in [3.63, 3.8) is 0 Å². The van der Waals surface area contributed by atoms with E-state index in [2.05, 4.69) is 6.08 Å². The highest BCUT2D eigenvalue weighted by atomic mass is 16.5. The number of rotatable bonds is 6. The molecular weight excluding hydrogens is 318 g/mol. The molecule has 25 heavy (non-hydrogen) atoms. The average Bonchev–Trinajstić information content (AvgIpc) is 2.61. The maximum absolute atomic E-state index is 12.0. The van der Waals surface area contributed by atoms with E-state index in [0.717, 1.165) is 5.56 Å². The summed E-state index contributed by atoms with van der Waals surface area (Å²) in [5.74, 6) is -1.02. The van der Waals surface area contributed by atoms with Gasteiger partial charge in [0.05, 0.1) is 24.6 Å². The van der Waals surface area contributed by atoms with E-state index in [9.17, 15) is 9.59 Å². The van der Waals surface area contributed by atoms with Crippen molar-refractivity contribution in [3.05, 3.63) is 78.2 Å². The zero-order valence-corrected chi connectivity index (χ0v) is 14.3. The van der Waals surface area contributed by atoms with Gasteiger partial charge in [0, 0.05) is 12.3 Å². The lowest BCUT2D eigenvalue weighted by Gasteiger charge is -2.26. The summed E-state index contributed by atoms with van der Waals surface area (Å²) in [6.07, 6.45) is 11.2. The van der Waals surface area contributed by atoms with Crippen molar-refractivity contribution < 1.29 is 19.1 Å².